The largest absolute Gasteiger partial charge is 0.306 e. The molecule has 174 valence electrons. The number of hydrogen-bond acceptors (Lipinski definition) is 6. The van der Waals surface area contributed by atoms with Gasteiger partial charge in [0.2, 0.25) is 16.0 Å². The fraction of sp³-hybridized carbons (Fsp3) is 0.522. The molecule has 2 aromatic rings. The van der Waals surface area contributed by atoms with Crippen molar-refractivity contribution in [3.05, 3.63) is 40.7 Å². The lowest BCUT2D eigenvalue weighted by atomic mass is 10.0. The summed E-state index contributed by atoms with van der Waals surface area (Å²) in [5.74, 6) is 0.973. The van der Waals surface area contributed by atoms with E-state index in [0.717, 1.165) is 48.3 Å². The predicted molar refractivity (Wildman–Crippen MR) is 124 cm³/mol. The molecule has 2 N–H and O–H groups in total. The number of aromatic nitrogens is 2. The summed E-state index contributed by atoms with van der Waals surface area (Å²) in [7, 11) is -3.72. The Labute approximate surface area is 193 Å². The molecule has 1 aromatic heterocycles. The van der Waals surface area contributed by atoms with Gasteiger partial charge in [-0.2, -0.15) is 5.10 Å². The van der Waals surface area contributed by atoms with Gasteiger partial charge >= 0.3 is 0 Å². The Morgan fingerprint density at radius 3 is 2.64 bits per heavy atom. The Bertz CT molecular complexity index is 1290. The second-order valence-electron chi connectivity index (χ2n) is 10.1. The molecule has 0 bridgehead atoms. The van der Waals surface area contributed by atoms with Gasteiger partial charge in [-0.25, -0.2) is 13.1 Å². The lowest BCUT2D eigenvalue weighted by Gasteiger charge is -2.39. The minimum absolute atomic E-state index is 0.126. The third-order valence-electron chi connectivity index (χ3n) is 7.37. The molecule has 1 atom stereocenters. The van der Waals surface area contributed by atoms with Gasteiger partial charge in [0.15, 0.2) is 0 Å². The van der Waals surface area contributed by atoms with Gasteiger partial charge in [0, 0.05) is 16.8 Å². The highest BCUT2D eigenvalue weighted by Gasteiger charge is 2.48. The van der Waals surface area contributed by atoms with Crippen LogP contribution in [-0.4, -0.2) is 53.5 Å². The molecule has 9 nitrogen and oxygen atoms in total. The van der Waals surface area contributed by atoms with E-state index in [2.05, 4.69) is 19.8 Å². The van der Waals surface area contributed by atoms with Crippen LogP contribution < -0.4 is 9.62 Å². The molecule has 2 aliphatic heterocycles. The van der Waals surface area contributed by atoms with Crippen molar-refractivity contribution < 1.29 is 13.2 Å². The van der Waals surface area contributed by atoms with E-state index in [1.165, 1.54) is 6.07 Å². The minimum atomic E-state index is -3.72. The second kappa shape index (κ2) is 6.89. The highest BCUT2D eigenvalue weighted by molar-refractivity contribution is 7.89. The molecule has 10 heteroatoms. The highest BCUT2D eigenvalue weighted by atomic mass is 32.2. The maximum Gasteiger partial charge on any atom is 0.263 e. The van der Waals surface area contributed by atoms with Gasteiger partial charge in [-0.05, 0) is 70.6 Å². The number of H-pyrrole nitrogens is 1. The average molecular weight is 469 g/mol. The maximum atomic E-state index is 13.7. The van der Waals surface area contributed by atoms with Gasteiger partial charge in [0.25, 0.3) is 5.91 Å². The number of aliphatic imine (C=N–C) groups is 1. The molecular formula is C23H28N6O3S. The Kier molecular flexibility index (Phi) is 4.36. The van der Waals surface area contributed by atoms with Gasteiger partial charge in [0.1, 0.15) is 0 Å². The number of rotatable bonds is 6. The number of fused-ring (bicyclic) bond motifs is 3. The average Bonchev–Trinajstić information content (AvgIpc) is 3.68. The number of carbonyl (C=O) groups is 1. The molecule has 2 aliphatic carbocycles. The molecule has 1 aromatic carbocycles. The van der Waals surface area contributed by atoms with Crippen molar-refractivity contribution in [3.63, 3.8) is 0 Å². The van der Waals surface area contributed by atoms with Gasteiger partial charge in [0.05, 0.1) is 41.0 Å². The summed E-state index contributed by atoms with van der Waals surface area (Å²) in [5, 5.41) is 7.26. The molecule has 6 rings (SSSR count). The molecule has 0 spiro atoms. The molecule has 2 saturated carbocycles. The molecule has 0 radical (unpaired) electrons. The van der Waals surface area contributed by atoms with Crippen LogP contribution in [0.4, 0.5) is 5.69 Å². The van der Waals surface area contributed by atoms with E-state index in [0.29, 0.717) is 30.5 Å². The number of nitrogens with one attached hydrogen (secondary N) is 2. The number of benzene rings is 1. The lowest BCUT2D eigenvalue weighted by Crippen LogP contribution is -2.53. The standard InChI is InChI=1S/C23H28N6O3S/c1-13-18(14(2)26-25-13)12-28-21(30)17-10-16(33(31,32)27-23(3)8-9-23)6-7-19(17)29-20(15-4-5-15)11-24-22(28)29/h6-7,10,15,20,27H,4-5,8-9,11-12H2,1-3H3,(H,25,26)/t20-/m0/s1. The molecule has 0 unspecified atom stereocenters. The van der Waals surface area contributed by atoms with Crippen LogP contribution in [0.2, 0.25) is 0 Å². The first-order chi connectivity index (χ1) is 15.7. The second-order valence-corrected chi connectivity index (χ2v) is 11.7. The number of hydrogen-bond donors (Lipinski definition) is 2. The van der Waals surface area contributed by atoms with E-state index in [9.17, 15) is 13.2 Å². The molecule has 1 amide bonds. The summed E-state index contributed by atoms with van der Waals surface area (Å²) in [4.78, 5) is 22.5. The molecule has 4 aliphatic rings. The van der Waals surface area contributed by atoms with E-state index in [1.807, 2.05) is 20.8 Å². The quantitative estimate of drug-likeness (QED) is 0.677. The Hall–Kier alpha value is -2.72. The maximum absolute atomic E-state index is 13.7. The Morgan fingerprint density at radius 2 is 2.00 bits per heavy atom. The summed E-state index contributed by atoms with van der Waals surface area (Å²) in [6, 6.07) is 5.12. The van der Waals surface area contributed by atoms with Crippen molar-refractivity contribution in [2.75, 3.05) is 11.4 Å². The van der Waals surface area contributed by atoms with Gasteiger partial charge in [-0.3, -0.25) is 19.8 Å². The smallest absolute Gasteiger partial charge is 0.263 e. The first kappa shape index (κ1) is 20.9. The third kappa shape index (κ3) is 3.38. The van der Waals surface area contributed by atoms with Crippen molar-refractivity contribution >= 4 is 27.6 Å². The number of guanidine groups is 1. The number of anilines is 1. The number of carbonyl (C=O) groups excluding carboxylic acids is 1. The zero-order chi connectivity index (χ0) is 23.1. The van der Waals surface area contributed by atoms with Gasteiger partial charge < -0.3 is 4.90 Å². The molecule has 2 fully saturated rings. The first-order valence-electron chi connectivity index (χ1n) is 11.5. The number of amides is 1. The highest BCUT2D eigenvalue weighted by Crippen LogP contribution is 2.44. The molecule has 0 saturated heterocycles. The van der Waals surface area contributed by atoms with Crippen molar-refractivity contribution in [3.8, 4) is 0 Å². The van der Waals surface area contributed by atoms with E-state index < -0.39 is 10.0 Å². The van der Waals surface area contributed by atoms with Crippen LogP contribution in [0.3, 0.4) is 0 Å². The van der Waals surface area contributed by atoms with Crippen LogP contribution in [-0.2, 0) is 16.6 Å². The van der Waals surface area contributed by atoms with Crippen molar-refractivity contribution in [2.24, 2.45) is 10.9 Å². The van der Waals surface area contributed by atoms with E-state index in [-0.39, 0.29) is 22.4 Å². The zero-order valence-electron chi connectivity index (χ0n) is 19.1. The van der Waals surface area contributed by atoms with Gasteiger partial charge in [-0.1, -0.05) is 0 Å². The summed E-state index contributed by atoms with van der Waals surface area (Å²) >= 11 is 0. The Balaban J connectivity index is 1.43. The van der Waals surface area contributed by atoms with Crippen LogP contribution in [0, 0.1) is 19.8 Å². The van der Waals surface area contributed by atoms with Crippen LogP contribution in [0.25, 0.3) is 0 Å². The predicted octanol–water partition coefficient (Wildman–Crippen LogP) is 2.47. The number of aromatic amines is 1. The third-order valence-corrected chi connectivity index (χ3v) is 9.00. The van der Waals surface area contributed by atoms with Crippen LogP contribution in [0.5, 0.6) is 0 Å². The lowest BCUT2D eigenvalue weighted by molar-refractivity contribution is 0.0832. The summed E-state index contributed by atoms with van der Waals surface area (Å²) < 4.78 is 28.9. The normalized spacial score (nSPS) is 23.4. The number of sulfonamides is 1. The first-order valence-corrected chi connectivity index (χ1v) is 13.0. The van der Waals surface area contributed by atoms with E-state index in [4.69, 9.17) is 4.99 Å². The van der Waals surface area contributed by atoms with Crippen molar-refractivity contribution in [1.82, 2.24) is 19.8 Å². The van der Waals surface area contributed by atoms with Crippen LogP contribution in [0.15, 0.2) is 28.1 Å². The summed E-state index contributed by atoms with van der Waals surface area (Å²) in [5.41, 5.74) is 3.48. The van der Waals surface area contributed by atoms with Crippen molar-refractivity contribution in [2.45, 2.75) is 69.5 Å². The topological polar surface area (TPSA) is 111 Å². The minimum Gasteiger partial charge on any atom is -0.306 e. The SMILES string of the molecule is Cc1n[nH]c(C)c1CN1C(=O)c2cc(S(=O)(=O)NC3(C)CC3)ccc2N2C1=NC[C@H]2C1CC1. The molecular weight excluding hydrogens is 440 g/mol. The van der Waals surface area contributed by atoms with Crippen molar-refractivity contribution in [1.29, 1.82) is 0 Å². The van der Waals surface area contributed by atoms with Gasteiger partial charge in [-0.15, -0.1) is 0 Å². The van der Waals surface area contributed by atoms with Crippen LogP contribution >= 0.6 is 0 Å². The number of aryl methyl sites for hydroxylation is 2. The van der Waals surface area contributed by atoms with E-state index >= 15 is 0 Å². The molecule has 3 heterocycles. The summed E-state index contributed by atoms with van der Waals surface area (Å²) in [6.07, 6.45) is 3.96. The van der Waals surface area contributed by atoms with E-state index in [1.54, 1.807) is 17.0 Å². The fourth-order valence-electron chi connectivity index (χ4n) is 4.90. The zero-order valence-corrected chi connectivity index (χ0v) is 19.9. The Morgan fingerprint density at radius 1 is 1.24 bits per heavy atom. The summed E-state index contributed by atoms with van der Waals surface area (Å²) in [6.45, 7) is 6.74. The van der Waals surface area contributed by atoms with Crippen LogP contribution in [0.1, 0.15) is 59.9 Å². The number of nitrogens with zero attached hydrogens (tertiary/aromatic N) is 4. The monoisotopic (exact) mass is 468 g/mol. The fourth-order valence-corrected chi connectivity index (χ4v) is 6.40. The molecule has 33 heavy (non-hydrogen) atoms.